The van der Waals surface area contributed by atoms with Crippen LogP contribution < -0.4 is 0 Å². The Morgan fingerprint density at radius 1 is 1.47 bits per heavy atom. The molecule has 0 amide bonds. The fourth-order valence-electron chi connectivity index (χ4n) is 0.847. The molecule has 0 saturated carbocycles. The van der Waals surface area contributed by atoms with Crippen LogP contribution in [0.15, 0.2) is 5.16 Å². The minimum atomic E-state index is -0.281. The molecule has 84 valence electrons. The van der Waals surface area contributed by atoms with E-state index in [-0.39, 0.29) is 11.2 Å². The molecule has 0 spiro atoms. The molecule has 1 rings (SSSR count). The van der Waals surface area contributed by atoms with Gasteiger partial charge >= 0.3 is 0 Å². The molecule has 0 bridgehead atoms. The van der Waals surface area contributed by atoms with Crippen molar-refractivity contribution in [1.82, 2.24) is 15.2 Å². The van der Waals surface area contributed by atoms with E-state index in [2.05, 4.69) is 15.2 Å². The Bertz CT molecular complexity index is 341. The Labute approximate surface area is 94.3 Å². The smallest absolute Gasteiger partial charge is 0.208 e. The number of carbonyl (C=O) groups excluding carboxylic acids is 1. The van der Waals surface area contributed by atoms with Gasteiger partial charge in [-0.3, -0.25) is 9.89 Å². The normalized spacial score (nSPS) is 11.7. The van der Waals surface area contributed by atoms with Gasteiger partial charge in [0.25, 0.3) is 0 Å². The summed E-state index contributed by atoms with van der Waals surface area (Å²) in [7, 11) is 0. The molecule has 15 heavy (non-hydrogen) atoms. The largest absolute Gasteiger partial charge is 0.298 e. The highest BCUT2D eigenvalue weighted by molar-refractivity contribution is 7.99. The average molecular weight is 227 g/mol. The Kier molecular flexibility index (Phi) is 3.90. The summed E-state index contributed by atoms with van der Waals surface area (Å²) in [5.41, 5.74) is -0.281. The summed E-state index contributed by atoms with van der Waals surface area (Å²) in [6.45, 7) is 7.78. The van der Waals surface area contributed by atoms with Crippen LogP contribution in [0.3, 0.4) is 0 Å². The molecular weight excluding hydrogens is 210 g/mol. The maximum atomic E-state index is 11.6. The molecule has 1 heterocycles. The van der Waals surface area contributed by atoms with Gasteiger partial charge in [-0.2, -0.15) is 0 Å². The molecular formula is C10H17N3OS. The van der Waals surface area contributed by atoms with E-state index in [0.717, 1.165) is 12.2 Å². The van der Waals surface area contributed by atoms with Crippen molar-refractivity contribution in [3.8, 4) is 0 Å². The summed E-state index contributed by atoms with van der Waals surface area (Å²) in [5.74, 6) is 1.51. The monoisotopic (exact) mass is 227 g/mol. The van der Waals surface area contributed by atoms with Crippen molar-refractivity contribution in [3.05, 3.63) is 5.82 Å². The van der Waals surface area contributed by atoms with Gasteiger partial charge in [0.2, 0.25) is 5.16 Å². The minimum absolute atomic E-state index is 0.218. The molecule has 0 atom stereocenters. The highest BCUT2D eigenvalue weighted by Crippen LogP contribution is 2.20. The number of carbonyl (C=O) groups is 1. The van der Waals surface area contributed by atoms with E-state index < -0.39 is 0 Å². The van der Waals surface area contributed by atoms with Crippen molar-refractivity contribution >= 4 is 17.5 Å². The van der Waals surface area contributed by atoms with Gasteiger partial charge in [0.05, 0.1) is 5.75 Å². The van der Waals surface area contributed by atoms with Gasteiger partial charge in [-0.25, -0.2) is 4.98 Å². The second-order valence-corrected chi connectivity index (χ2v) is 5.32. The fourth-order valence-corrected chi connectivity index (χ4v) is 1.83. The van der Waals surface area contributed by atoms with Crippen LogP contribution in [0.4, 0.5) is 0 Å². The predicted molar refractivity (Wildman–Crippen MR) is 60.9 cm³/mol. The summed E-state index contributed by atoms with van der Waals surface area (Å²) in [6, 6.07) is 0. The quantitative estimate of drug-likeness (QED) is 0.800. The number of ketones is 1. The molecule has 0 saturated heterocycles. The van der Waals surface area contributed by atoms with Crippen LogP contribution in [0.2, 0.25) is 0 Å². The topological polar surface area (TPSA) is 58.6 Å². The summed E-state index contributed by atoms with van der Waals surface area (Å²) in [4.78, 5) is 15.9. The number of hydrogen-bond acceptors (Lipinski definition) is 4. The lowest BCUT2D eigenvalue weighted by molar-refractivity contribution is -0.123. The summed E-state index contributed by atoms with van der Waals surface area (Å²) in [5, 5.41) is 7.50. The summed E-state index contributed by atoms with van der Waals surface area (Å²) >= 11 is 1.39. The molecule has 4 nitrogen and oxygen atoms in total. The van der Waals surface area contributed by atoms with Gasteiger partial charge in [0, 0.05) is 11.8 Å². The van der Waals surface area contributed by atoms with Crippen LogP contribution in [0.5, 0.6) is 0 Å². The zero-order chi connectivity index (χ0) is 11.5. The van der Waals surface area contributed by atoms with Crippen molar-refractivity contribution in [3.63, 3.8) is 0 Å². The molecule has 0 unspecified atom stereocenters. The van der Waals surface area contributed by atoms with E-state index in [1.165, 1.54) is 11.8 Å². The van der Waals surface area contributed by atoms with E-state index in [1.54, 1.807) is 0 Å². The van der Waals surface area contributed by atoms with E-state index in [1.807, 2.05) is 27.7 Å². The van der Waals surface area contributed by atoms with Crippen molar-refractivity contribution in [2.45, 2.75) is 39.3 Å². The molecule has 1 N–H and O–H groups in total. The second-order valence-electron chi connectivity index (χ2n) is 4.38. The van der Waals surface area contributed by atoms with E-state index in [4.69, 9.17) is 0 Å². The van der Waals surface area contributed by atoms with Gasteiger partial charge in [-0.05, 0) is 0 Å². The summed E-state index contributed by atoms with van der Waals surface area (Å²) in [6.07, 6.45) is 0.834. The molecule has 0 aliphatic carbocycles. The molecule has 5 heteroatoms. The Hall–Kier alpha value is -0.840. The third-order valence-electron chi connectivity index (χ3n) is 2.01. The first-order chi connectivity index (χ1) is 6.93. The average Bonchev–Trinajstić information content (AvgIpc) is 2.60. The minimum Gasteiger partial charge on any atom is -0.298 e. The Balaban J connectivity index is 2.47. The molecule has 1 aromatic rings. The first-order valence-corrected chi connectivity index (χ1v) is 5.99. The zero-order valence-electron chi connectivity index (χ0n) is 9.63. The molecule has 0 fully saturated rings. The van der Waals surface area contributed by atoms with Gasteiger partial charge < -0.3 is 0 Å². The number of nitrogens with one attached hydrogen (secondary N) is 1. The standard InChI is InChI=1S/C10H17N3OS/c1-5-8-11-9(13-12-8)15-6-7(14)10(2,3)4/h5-6H2,1-4H3,(H,11,12,13). The number of rotatable bonds is 4. The molecule has 0 aliphatic rings. The number of hydrogen-bond donors (Lipinski definition) is 1. The number of aromatic amines is 1. The lowest BCUT2D eigenvalue weighted by Gasteiger charge is -2.14. The van der Waals surface area contributed by atoms with Crippen molar-refractivity contribution in [2.24, 2.45) is 5.41 Å². The highest BCUT2D eigenvalue weighted by Gasteiger charge is 2.21. The van der Waals surface area contributed by atoms with Crippen LogP contribution in [0.1, 0.15) is 33.5 Å². The lowest BCUT2D eigenvalue weighted by atomic mass is 9.92. The van der Waals surface area contributed by atoms with Crippen LogP contribution in [-0.4, -0.2) is 26.7 Å². The van der Waals surface area contributed by atoms with E-state index in [0.29, 0.717) is 10.9 Å². The number of H-pyrrole nitrogens is 1. The Morgan fingerprint density at radius 2 is 2.13 bits per heavy atom. The van der Waals surface area contributed by atoms with Gasteiger partial charge in [-0.15, -0.1) is 5.10 Å². The van der Waals surface area contributed by atoms with Crippen LogP contribution in [0, 0.1) is 5.41 Å². The molecule has 0 aromatic carbocycles. The fraction of sp³-hybridized carbons (Fsp3) is 0.700. The van der Waals surface area contributed by atoms with Gasteiger partial charge in [0.1, 0.15) is 11.6 Å². The SMILES string of the molecule is CCc1nc(SCC(=O)C(C)(C)C)n[nH]1. The third-order valence-corrected chi connectivity index (χ3v) is 2.86. The van der Waals surface area contributed by atoms with Crippen molar-refractivity contribution in [1.29, 1.82) is 0 Å². The Morgan fingerprint density at radius 3 is 2.60 bits per heavy atom. The second kappa shape index (κ2) is 4.79. The predicted octanol–water partition coefficient (Wildman–Crippen LogP) is 2.07. The van der Waals surface area contributed by atoms with Crippen LogP contribution >= 0.6 is 11.8 Å². The van der Waals surface area contributed by atoms with E-state index >= 15 is 0 Å². The first-order valence-electron chi connectivity index (χ1n) is 5.01. The maximum absolute atomic E-state index is 11.6. The molecule has 1 aromatic heterocycles. The van der Waals surface area contributed by atoms with Gasteiger partial charge in [0.15, 0.2) is 0 Å². The lowest BCUT2D eigenvalue weighted by Crippen LogP contribution is -2.22. The number of aromatic nitrogens is 3. The number of aryl methyl sites for hydroxylation is 1. The van der Waals surface area contributed by atoms with E-state index in [9.17, 15) is 4.79 Å². The number of thioether (sulfide) groups is 1. The zero-order valence-corrected chi connectivity index (χ0v) is 10.4. The summed E-state index contributed by atoms with van der Waals surface area (Å²) < 4.78 is 0. The van der Waals surface area contributed by atoms with Gasteiger partial charge in [-0.1, -0.05) is 39.5 Å². The maximum Gasteiger partial charge on any atom is 0.208 e. The van der Waals surface area contributed by atoms with Crippen molar-refractivity contribution < 1.29 is 4.79 Å². The molecule has 0 aliphatic heterocycles. The first kappa shape index (κ1) is 12.2. The highest BCUT2D eigenvalue weighted by atomic mass is 32.2. The number of nitrogens with zero attached hydrogens (tertiary/aromatic N) is 2. The third kappa shape index (κ3) is 3.66. The van der Waals surface area contributed by atoms with Crippen LogP contribution in [-0.2, 0) is 11.2 Å². The number of Topliss-reactive ketones (excluding diaryl/α,β-unsaturated/α-hetero) is 1. The van der Waals surface area contributed by atoms with Crippen molar-refractivity contribution in [2.75, 3.05) is 5.75 Å². The molecule has 0 radical (unpaired) electrons. The van der Waals surface area contributed by atoms with Crippen LogP contribution in [0.25, 0.3) is 0 Å².